The molecule has 0 fully saturated rings. The maximum Gasteiger partial charge on any atom is 0.274 e. The molecule has 0 aliphatic rings. The lowest BCUT2D eigenvalue weighted by Gasteiger charge is -1.90. The van der Waals surface area contributed by atoms with Crippen LogP contribution in [0, 0.1) is 10.7 Å². The van der Waals surface area contributed by atoms with Crippen molar-refractivity contribution in [2.45, 2.75) is 0 Å². The zero-order valence-corrected chi connectivity index (χ0v) is 9.05. The fourth-order valence-electron chi connectivity index (χ4n) is 1.36. The molecule has 0 unspecified atom stereocenters. The van der Waals surface area contributed by atoms with Crippen molar-refractivity contribution in [2.75, 3.05) is 0 Å². The molecule has 0 radical (unpaired) electrons. The van der Waals surface area contributed by atoms with Crippen LogP contribution in [0.5, 0.6) is 0 Å². The molecule has 2 heterocycles. The highest BCUT2D eigenvalue weighted by atomic mass is 16.1. The molecule has 0 spiro atoms. The Hall–Kier alpha value is -2.90. The molecule has 2 rings (SSSR count). The van der Waals surface area contributed by atoms with Crippen molar-refractivity contribution in [3.63, 3.8) is 0 Å². The summed E-state index contributed by atoms with van der Waals surface area (Å²) in [4.78, 5) is 54.5. The lowest BCUT2D eigenvalue weighted by Crippen LogP contribution is -2.39. The molecule has 4 N–H and O–H groups in total. The number of aromatic nitrogens is 4. The summed E-state index contributed by atoms with van der Waals surface area (Å²) in [5.74, 6) is 0. The lowest BCUT2D eigenvalue weighted by atomic mass is 10.5. The second-order valence-electron chi connectivity index (χ2n) is 3.52. The lowest BCUT2D eigenvalue weighted by molar-refractivity contribution is 0.940. The van der Waals surface area contributed by atoms with Crippen LogP contribution in [0.1, 0.15) is 0 Å². The number of hydrogen-bond donors (Lipinski definition) is 4. The van der Waals surface area contributed by atoms with Crippen molar-refractivity contribution in [3.8, 4) is 0 Å². The van der Waals surface area contributed by atoms with Crippen LogP contribution in [0.15, 0.2) is 19.2 Å². The van der Waals surface area contributed by atoms with Crippen LogP contribution in [0.4, 0.5) is 0 Å². The van der Waals surface area contributed by atoms with Crippen molar-refractivity contribution in [2.24, 2.45) is 0 Å². The molecule has 0 bridgehead atoms. The van der Waals surface area contributed by atoms with Gasteiger partial charge in [0.2, 0.25) is 0 Å². The zero-order valence-electron chi connectivity index (χ0n) is 9.05. The molecule has 18 heavy (non-hydrogen) atoms. The van der Waals surface area contributed by atoms with Gasteiger partial charge in [0.05, 0.1) is 10.7 Å². The molecular formula is C10H8N4O4. The quantitative estimate of drug-likeness (QED) is 0.386. The number of H-pyrrole nitrogens is 4. The molecule has 0 aliphatic carbocycles. The van der Waals surface area contributed by atoms with Crippen molar-refractivity contribution in [1.82, 2.24) is 19.9 Å². The summed E-state index contributed by atoms with van der Waals surface area (Å²) in [6, 6.07) is 0. The smallest absolute Gasteiger partial charge is 0.274 e. The average molecular weight is 248 g/mol. The third kappa shape index (κ3) is 1.75. The van der Waals surface area contributed by atoms with Crippen LogP contribution < -0.4 is 32.9 Å². The van der Waals surface area contributed by atoms with E-state index in [1.165, 1.54) is 0 Å². The highest BCUT2D eigenvalue weighted by molar-refractivity contribution is 5.00. The van der Waals surface area contributed by atoms with Crippen LogP contribution >= 0.6 is 0 Å². The summed E-state index contributed by atoms with van der Waals surface area (Å²) in [6.07, 6.45) is 0. The normalized spacial score (nSPS) is 12.4. The molecule has 0 saturated carbocycles. The van der Waals surface area contributed by atoms with Gasteiger partial charge in [0, 0.05) is 0 Å². The van der Waals surface area contributed by atoms with Gasteiger partial charge in [0.25, 0.3) is 22.2 Å². The van der Waals surface area contributed by atoms with Gasteiger partial charge in [-0.2, -0.15) is 0 Å². The molecule has 0 aliphatic heterocycles. The summed E-state index contributed by atoms with van der Waals surface area (Å²) >= 11 is 0. The van der Waals surface area contributed by atoms with E-state index in [4.69, 9.17) is 0 Å². The molecule has 0 saturated heterocycles. The van der Waals surface area contributed by atoms with Crippen LogP contribution in [-0.2, 0) is 0 Å². The molecule has 8 heteroatoms. The fraction of sp³-hybridized carbons (Fsp3) is 0. The maximum atomic E-state index is 11.6. The number of aromatic amines is 4. The summed E-state index contributed by atoms with van der Waals surface area (Å²) in [5.41, 5.74) is -2.80. The standard InChI is InChI=1S/C10H8N4O4/c1-3-7(15)13-5(9(17)11-3)6-10(18)12-4(2)8(16)14-6/h1-2H2,(H,11,17)(H,12,18)(H,13,15)(H,14,16)/b6-5+. The van der Waals surface area contributed by atoms with Crippen LogP contribution in [-0.4, -0.2) is 19.9 Å². The van der Waals surface area contributed by atoms with Gasteiger partial charge in [0.1, 0.15) is 10.7 Å². The summed E-state index contributed by atoms with van der Waals surface area (Å²) < 4.78 is 0. The van der Waals surface area contributed by atoms with Crippen LogP contribution in [0.3, 0.4) is 0 Å². The Morgan fingerprint density at radius 3 is 1.22 bits per heavy atom. The van der Waals surface area contributed by atoms with Gasteiger partial charge in [-0.25, -0.2) is 0 Å². The van der Waals surface area contributed by atoms with E-state index in [0.717, 1.165) is 0 Å². The van der Waals surface area contributed by atoms with Crippen LogP contribution in [0.25, 0.3) is 13.2 Å². The van der Waals surface area contributed by atoms with Gasteiger partial charge in [-0.15, -0.1) is 0 Å². The van der Waals surface area contributed by atoms with Gasteiger partial charge >= 0.3 is 0 Å². The molecule has 2 aromatic heterocycles. The van der Waals surface area contributed by atoms with Gasteiger partial charge < -0.3 is 19.9 Å². The van der Waals surface area contributed by atoms with Gasteiger partial charge in [-0.1, -0.05) is 13.2 Å². The largest absolute Gasteiger partial charge is 0.316 e. The van der Waals surface area contributed by atoms with Crippen molar-refractivity contribution in [3.05, 3.63) is 62.8 Å². The Morgan fingerprint density at radius 2 is 0.889 bits per heavy atom. The second-order valence-corrected chi connectivity index (χ2v) is 3.52. The van der Waals surface area contributed by atoms with Crippen LogP contribution in [0.2, 0.25) is 0 Å². The fourth-order valence-corrected chi connectivity index (χ4v) is 1.36. The molecule has 2 aromatic rings. The number of nitrogens with one attached hydrogen (secondary N) is 4. The topological polar surface area (TPSA) is 131 Å². The first-order chi connectivity index (χ1) is 8.40. The van der Waals surface area contributed by atoms with E-state index in [-0.39, 0.29) is 21.4 Å². The SMILES string of the molecule is C=c1[nH]c(=O)/c(=c2\[nH]c(=O)c(=C)[nH]c2=O)[nH]c1=O. The Morgan fingerprint density at radius 1 is 0.556 bits per heavy atom. The molecule has 92 valence electrons. The monoisotopic (exact) mass is 248 g/mol. The van der Waals surface area contributed by atoms with E-state index in [1.807, 2.05) is 0 Å². The highest BCUT2D eigenvalue weighted by Gasteiger charge is 1.99. The van der Waals surface area contributed by atoms with E-state index in [1.54, 1.807) is 0 Å². The average Bonchev–Trinajstić information content (AvgIpc) is 2.29. The van der Waals surface area contributed by atoms with Crippen molar-refractivity contribution in [1.29, 1.82) is 0 Å². The van der Waals surface area contributed by atoms with Gasteiger partial charge in [-0.05, 0) is 0 Å². The minimum absolute atomic E-state index is 0.142. The summed E-state index contributed by atoms with van der Waals surface area (Å²) in [7, 11) is 0. The molecule has 0 atom stereocenters. The van der Waals surface area contributed by atoms with Crippen molar-refractivity contribution >= 4 is 13.2 Å². The molecular weight excluding hydrogens is 240 g/mol. The summed E-state index contributed by atoms with van der Waals surface area (Å²) in [6.45, 7) is 6.61. The Bertz CT molecular complexity index is 952. The molecule has 0 aromatic carbocycles. The predicted molar refractivity (Wildman–Crippen MR) is 63.3 cm³/mol. The molecule has 8 nitrogen and oxygen atoms in total. The Labute approximate surface area is 96.7 Å². The van der Waals surface area contributed by atoms with E-state index in [9.17, 15) is 19.2 Å². The first-order valence-corrected chi connectivity index (χ1v) is 4.77. The van der Waals surface area contributed by atoms with E-state index < -0.39 is 22.2 Å². The van der Waals surface area contributed by atoms with Gasteiger partial charge in [-0.3, -0.25) is 19.2 Å². The second kappa shape index (κ2) is 3.84. The minimum atomic E-state index is -0.738. The van der Waals surface area contributed by atoms with E-state index in [0.29, 0.717) is 0 Å². The number of rotatable bonds is 0. The maximum absolute atomic E-state index is 11.6. The van der Waals surface area contributed by atoms with Crippen molar-refractivity contribution < 1.29 is 0 Å². The van der Waals surface area contributed by atoms with Gasteiger partial charge in [0.15, 0.2) is 0 Å². The Balaban J connectivity index is 3.33. The number of hydrogen-bond acceptors (Lipinski definition) is 4. The summed E-state index contributed by atoms with van der Waals surface area (Å²) in [5, 5.41) is -0.968. The first kappa shape index (κ1) is 11.6. The predicted octanol–water partition coefficient (Wildman–Crippen LogP) is -3.45. The Kier molecular flexibility index (Phi) is 2.47. The third-order valence-electron chi connectivity index (χ3n) is 2.26. The third-order valence-corrected chi connectivity index (χ3v) is 2.26. The minimum Gasteiger partial charge on any atom is -0.316 e. The van der Waals surface area contributed by atoms with E-state index >= 15 is 0 Å². The molecule has 0 amide bonds. The highest BCUT2D eigenvalue weighted by Crippen LogP contribution is 1.65. The zero-order chi connectivity index (χ0) is 13.4. The van der Waals surface area contributed by atoms with E-state index in [2.05, 4.69) is 33.1 Å². The first-order valence-electron chi connectivity index (χ1n) is 4.77.